The number of nitrogens with one attached hydrogen (secondary N) is 2. The van der Waals surface area contributed by atoms with Gasteiger partial charge in [-0.15, -0.1) is 0 Å². The Balaban J connectivity index is 1.41. The van der Waals surface area contributed by atoms with Crippen LogP contribution in [-0.4, -0.2) is 56.6 Å². The molecule has 3 aromatic heterocycles. The molecule has 10 nitrogen and oxygen atoms in total. The molecule has 3 aromatic rings. The summed E-state index contributed by atoms with van der Waals surface area (Å²) >= 11 is 0. The summed E-state index contributed by atoms with van der Waals surface area (Å²) in [5, 5.41) is 15.2. The second kappa shape index (κ2) is 7.65. The molecule has 2 N–H and O–H groups in total. The van der Waals surface area contributed by atoms with Crippen LogP contribution in [0.15, 0.2) is 31.0 Å². The Kier molecular flexibility index (Phi) is 5.03. The third-order valence-corrected chi connectivity index (χ3v) is 8.40. The number of rotatable bonds is 6. The fourth-order valence-corrected chi connectivity index (χ4v) is 6.87. The van der Waals surface area contributed by atoms with E-state index in [1.807, 2.05) is 37.0 Å². The second-order valence-electron chi connectivity index (χ2n) is 9.22. The average Bonchev–Trinajstić information content (AvgIpc) is 3.49. The highest BCUT2D eigenvalue weighted by Crippen LogP contribution is 2.50. The SMILES string of the molecule is CC(C)NS(=O)(=O)N1C[C@@H]2CC(CC#N)(n3cc(-c4ncnc5[nH]ccc45)cn3)C[C@@H]2C1. The molecule has 1 saturated heterocycles. The summed E-state index contributed by atoms with van der Waals surface area (Å²) in [7, 11) is -3.48. The maximum atomic E-state index is 12.6. The highest BCUT2D eigenvalue weighted by atomic mass is 32.2. The molecule has 0 radical (unpaired) electrons. The summed E-state index contributed by atoms with van der Waals surface area (Å²) in [4.78, 5) is 11.8. The number of hydrogen-bond acceptors (Lipinski definition) is 6. The zero-order valence-electron chi connectivity index (χ0n) is 18.1. The van der Waals surface area contributed by atoms with Gasteiger partial charge in [-0.1, -0.05) is 0 Å². The second-order valence-corrected chi connectivity index (χ2v) is 10.9. The van der Waals surface area contributed by atoms with E-state index in [-0.39, 0.29) is 17.9 Å². The van der Waals surface area contributed by atoms with E-state index in [4.69, 9.17) is 0 Å². The van der Waals surface area contributed by atoms with Gasteiger partial charge in [0, 0.05) is 42.5 Å². The van der Waals surface area contributed by atoms with E-state index in [0.717, 1.165) is 35.1 Å². The first-order valence-corrected chi connectivity index (χ1v) is 12.2. The van der Waals surface area contributed by atoms with Crippen LogP contribution >= 0.6 is 0 Å². The molecule has 32 heavy (non-hydrogen) atoms. The molecule has 3 atom stereocenters. The number of H-pyrrole nitrogens is 1. The van der Waals surface area contributed by atoms with E-state index in [9.17, 15) is 13.7 Å². The Labute approximate surface area is 186 Å². The quantitative estimate of drug-likeness (QED) is 0.585. The van der Waals surface area contributed by atoms with Crippen LogP contribution in [0.4, 0.5) is 0 Å². The molecule has 5 rings (SSSR count). The first kappa shape index (κ1) is 21.1. The highest BCUT2D eigenvalue weighted by molar-refractivity contribution is 7.87. The minimum Gasteiger partial charge on any atom is -0.346 e. The average molecular weight is 455 g/mol. The van der Waals surface area contributed by atoms with Crippen LogP contribution < -0.4 is 4.72 Å². The molecule has 1 aliphatic heterocycles. The maximum Gasteiger partial charge on any atom is 0.279 e. The lowest BCUT2D eigenvalue weighted by Gasteiger charge is -2.29. The molecule has 1 aliphatic carbocycles. The smallest absolute Gasteiger partial charge is 0.279 e. The fourth-order valence-electron chi connectivity index (χ4n) is 5.35. The van der Waals surface area contributed by atoms with E-state index in [1.54, 1.807) is 10.5 Å². The van der Waals surface area contributed by atoms with E-state index < -0.39 is 15.7 Å². The Morgan fingerprint density at radius 2 is 2.06 bits per heavy atom. The van der Waals surface area contributed by atoms with Crippen LogP contribution in [-0.2, 0) is 15.7 Å². The molecule has 11 heteroatoms. The van der Waals surface area contributed by atoms with Crippen LogP contribution in [0.3, 0.4) is 0 Å². The molecule has 1 unspecified atom stereocenters. The van der Waals surface area contributed by atoms with E-state index in [1.165, 1.54) is 6.33 Å². The van der Waals surface area contributed by atoms with Gasteiger partial charge in [0.25, 0.3) is 10.2 Å². The van der Waals surface area contributed by atoms with Gasteiger partial charge in [-0.2, -0.15) is 27.8 Å². The van der Waals surface area contributed by atoms with Crippen LogP contribution in [0.2, 0.25) is 0 Å². The van der Waals surface area contributed by atoms with Crippen molar-refractivity contribution in [2.75, 3.05) is 13.1 Å². The Bertz CT molecular complexity index is 1270. The topological polar surface area (TPSA) is 133 Å². The van der Waals surface area contributed by atoms with Crippen molar-refractivity contribution >= 4 is 21.2 Å². The first-order chi connectivity index (χ1) is 15.3. The molecular formula is C21H26N8O2S. The van der Waals surface area contributed by atoms with Gasteiger partial charge in [-0.05, 0) is 44.6 Å². The predicted molar refractivity (Wildman–Crippen MR) is 118 cm³/mol. The summed E-state index contributed by atoms with van der Waals surface area (Å²) in [5.41, 5.74) is 2.00. The Hall–Kier alpha value is -2.81. The van der Waals surface area contributed by atoms with Crippen LogP contribution in [0.25, 0.3) is 22.3 Å². The molecule has 0 aromatic carbocycles. The number of hydrogen-bond donors (Lipinski definition) is 2. The number of aromatic nitrogens is 5. The van der Waals surface area contributed by atoms with Gasteiger partial charge >= 0.3 is 0 Å². The summed E-state index contributed by atoms with van der Waals surface area (Å²) in [6.07, 6.45) is 8.88. The molecular weight excluding hydrogens is 428 g/mol. The van der Waals surface area contributed by atoms with Crippen molar-refractivity contribution in [3.05, 3.63) is 31.0 Å². The molecule has 2 fully saturated rings. The number of nitriles is 1. The van der Waals surface area contributed by atoms with Gasteiger partial charge in [-0.25, -0.2) is 9.97 Å². The molecule has 0 bridgehead atoms. The highest BCUT2D eigenvalue weighted by Gasteiger charge is 2.52. The third kappa shape index (κ3) is 3.48. The number of fused-ring (bicyclic) bond motifs is 2. The maximum absolute atomic E-state index is 12.6. The molecule has 1 saturated carbocycles. The van der Waals surface area contributed by atoms with Gasteiger partial charge in [0.1, 0.15) is 12.0 Å². The molecule has 2 aliphatic rings. The summed E-state index contributed by atoms with van der Waals surface area (Å²) in [5.74, 6) is 0.408. The molecule has 0 spiro atoms. The molecule has 0 amide bonds. The van der Waals surface area contributed by atoms with Crippen molar-refractivity contribution in [1.82, 2.24) is 33.8 Å². The van der Waals surface area contributed by atoms with Crippen molar-refractivity contribution in [3.8, 4) is 17.3 Å². The summed E-state index contributed by atoms with van der Waals surface area (Å²) in [6, 6.07) is 4.14. The standard InChI is InChI=1S/C21H26N8O2S/c1-14(2)27-32(30,31)28-10-15-7-21(4-5-22,8-16(15)11-28)29-12-17(9-26-29)19-18-3-6-23-20(18)25-13-24-19/h3,6,9,12-16,27H,4,7-8,10-11H2,1-2H3,(H,23,24,25)/t15-,16+,21?. The van der Waals surface area contributed by atoms with Crippen molar-refractivity contribution in [3.63, 3.8) is 0 Å². The number of aromatic amines is 1. The van der Waals surface area contributed by atoms with E-state index >= 15 is 0 Å². The lowest BCUT2D eigenvalue weighted by atomic mass is 9.92. The molecule has 168 valence electrons. The summed E-state index contributed by atoms with van der Waals surface area (Å²) in [6.45, 7) is 4.59. The minimum atomic E-state index is -3.48. The van der Waals surface area contributed by atoms with E-state index in [2.05, 4.69) is 30.8 Å². The van der Waals surface area contributed by atoms with E-state index in [0.29, 0.717) is 19.5 Å². The largest absolute Gasteiger partial charge is 0.346 e. The van der Waals surface area contributed by atoms with Crippen molar-refractivity contribution in [1.29, 1.82) is 5.26 Å². The number of nitrogens with zero attached hydrogens (tertiary/aromatic N) is 6. The lowest BCUT2D eigenvalue weighted by Crippen LogP contribution is -2.43. The van der Waals surface area contributed by atoms with Crippen molar-refractivity contribution in [2.45, 2.75) is 44.7 Å². The van der Waals surface area contributed by atoms with Crippen LogP contribution in [0, 0.1) is 23.2 Å². The van der Waals surface area contributed by atoms with Crippen LogP contribution in [0.5, 0.6) is 0 Å². The van der Waals surface area contributed by atoms with Crippen molar-refractivity contribution < 1.29 is 8.42 Å². The monoisotopic (exact) mass is 454 g/mol. The van der Waals surface area contributed by atoms with Gasteiger partial charge in [-0.3, -0.25) is 4.68 Å². The van der Waals surface area contributed by atoms with Crippen molar-refractivity contribution in [2.24, 2.45) is 11.8 Å². The zero-order valence-corrected chi connectivity index (χ0v) is 18.9. The Morgan fingerprint density at radius 3 is 2.75 bits per heavy atom. The van der Waals surface area contributed by atoms with Gasteiger partial charge < -0.3 is 4.98 Å². The predicted octanol–water partition coefficient (Wildman–Crippen LogP) is 2.01. The molecule has 4 heterocycles. The zero-order chi connectivity index (χ0) is 22.5. The fraction of sp³-hybridized carbons (Fsp3) is 0.524. The third-order valence-electron chi connectivity index (χ3n) is 6.66. The van der Waals surface area contributed by atoms with Gasteiger partial charge in [0.2, 0.25) is 0 Å². The normalized spacial score (nSPS) is 26.1. The lowest BCUT2D eigenvalue weighted by molar-refractivity contribution is 0.239. The van der Waals surface area contributed by atoms with Gasteiger partial charge in [0.05, 0.1) is 29.9 Å². The van der Waals surface area contributed by atoms with Crippen LogP contribution in [0.1, 0.15) is 33.1 Å². The van der Waals surface area contributed by atoms with Gasteiger partial charge in [0.15, 0.2) is 0 Å². The first-order valence-electron chi connectivity index (χ1n) is 10.8. The summed E-state index contributed by atoms with van der Waals surface area (Å²) < 4.78 is 31.4. The minimum absolute atomic E-state index is 0.145. The Morgan fingerprint density at radius 1 is 1.31 bits per heavy atom.